The fraction of sp³-hybridized carbons (Fsp3) is 0.176. The van der Waals surface area contributed by atoms with Gasteiger partial charge in [-0.15, -0.1) is 11.8 Å². The second-order valence-corrected chi connectivity index (χ2v) is 6.63. The van der Waals surface area contributed by atoms with Gasteiger partial charge in [0.05, 0.1) is 17.6 Å². The molecule has 0 aliphatic rings. The van der Waals surface area contributed by atoms with Crippen molar-refractivity contribution in [1.29, 1.82) is 0 Å². The Balaban J connectivity index is 1.43. The Kier molecular flexibility index (Phi) is 5.20. The summed E-state index contributed by atoms with van der Waals surface area (Å²) in [5.41, 5.74) is 1.89. The standard InChI is InChI=1S/C17H16ClN3OS/c18-12-5-7-13(8-6-12)23-10-9-17(22)19-11-16-20-14-3-1-2-4-15(14)21-16/h1-8H,9-11H2,(H,19,22)(H,20,21). The van der Waals surface area contributed by atoms with Crippen molar-refractivity contribution in [3.8, 4) is 0 Å². The van der Waals surface area contributed by atoms with E-state index >= 15 is 0 Å². The number of para-hydroxylation sites is 2. The molecule has 4 nitrogen and oxygen atoms in total. The normalized spacial score (nSPS) is 10.8. The van der Waals surface area contributed by atoms with Crippen molar-refractivity contribution in [2.45, 2.75) is 17.9 Å². The Labute approximate surface area is 143 Å². The number of rotatable bonds is 6. The van der Waals surface area contributed by atoms with Crippen molar-refractivity contribution in [2.24, 2.45) is 0 Å². The lowest BCUT2D eigenvalue weighted by molar-refractivity contribution is -0.120. The number of aromatic nitrogens is 2. The third kappa shape index (κ3) is 4.50. The highest BCUT2D eigenvalue weighted by Gasteiger charge is 2.05. The van der Waals surface area contributed by atoms with E-state index in [9.17, 15) is 4.79 Å². The molecule has 0 fully saturated rings. The zero-order valence-electron chi connectivity index (χ0n) is 12.4. The van der Waals surface area contributed by atoms with Gasteiger partial charge in [-0.2, -0.15) is 0 Å². The summed E-state index contributed by atoms with van der Waals surface area (Å²) >= 11 is 7.48. The van der Waals surface area contributed by atoms with Crippen LogP contribution in [0.5, 0.6) is 0 Å². The predicted molar refractivity (Wildman–Crippen MR) is 94.7 cm³/mol. The zero-order valence-corrected chi connectivity index (χ0v) is 14.0. The van der Waals surface area contributed by atoms with Gasteiger partial charge in [-0.25, -0.2) is 4.98 Å². The molecule has 2 N–H and O–H groups in total. The maximum atomic E-state index is 11.9. The number of nitrogens with one attached hydrogen (secondary N) is 2. The van der Waals surface area contributed by atoms with E-state index in [0.717, 1.165) is 32.5 Å². The highest BCUT2D eigenvalue weighted by molar-refractivity contribution is 7.99. The number of carbonyl (C=O) groups excluding carboxylic acids is 1. The third-order valence-electron chi connectivity index (χ3n) is 3.30. The highest BCUT2D eigenvalue weighted by atomic mass is 35.5. The molecule has 3 rings (SSSR count). The molecule has 3 aromatic rings. The molecule has 0 bridgehead atoms. The molecule has 1 amide bonds. The summed E-state index contributed by atoms with van der Waals surface area (Å²) in [5, 5.41) is 3.61. The van der Waals surface area contributed by atoms with Crippen LogP contribution in [0, 0.1) is 0 Å². The summed E-state index contributed by atoms with van der Waals surface area (Å²) in [6.45, 7) is 0.416. The number of imidazole rings is 1. The van der Waals surface area contributed by atoms with Crippen molar-refractivity contribution in [3.63, 3.8) is 0 Å². The first kappa shape index (κ1) is 15.9. The maximum Gasteiger partial charge on any atom is 0.221 e. The molecule has 118 valence electrons. The quantitative estimate of drug-likeness (QED) is 0.663. The molecule has 0 unspecified atom stereocenters. The summed E-state index contributed by atoms with van der Waals surface area (Å²) in [4.78, 5) is 20.6. The number of H-pyrrole nitrogens is 1. The van der Waals surface area contributed by atoms with Gasteiger partial charge in [0.1, 0.15) is 5.82 Å². The van der Waals surface area contributed by atoms with E-state index in [4.69, 9.17) is 11.6 Å². The number of carbonyl (C=O) groups is 1. The molecule has 0 atom stereocenters. The van der Waals surface area contributed by atoms with Gasteiger partial charge in [0.25, 0.3) is 0 Å². The first-order chi connectivity index (χ1) is 11.2. The van der Waals surface area contributed by atoms with E-state index in [2.05, 4.69) is 15.3 Å². The Hall–Kier alpha value is -1.98. The predicted octanol–water partition coefficient (Wildman–Crippen LogP) is 4.01. The first-order valence-corrected chi connectivity index (χ1v) is 8.66. The van der Waals surface area contributed by atoms with Crippen molar-refractivity contribution >= 4 is 40.3 Å². The Morgan fingerprint density at radius 1 is 1.17 bits per heavy atom. The van der Waals surface area contributed by atoms with Gasteiger partial charge >= 0.3 is 0 Å². The molecule has 0 radical (unpaired) electrons. The minimum absolute atomic E-state index is 0.0203. The molecular weight excluding hydrogens is 330 g/mol. The molecule has 0 saturated heterocycles. The third-order valence-corrected chi connectivity index (χ3v) is 4.57. The minimum Gasteiger partial charge on any atom is -0.349 e. The summed E-state index contributed by atoms with van der Waals surface area (Å²) in [6, 6.07) is 15.4. The number of halogens is 1. The van der Waals surface area contributed by atoms with E-state index in [1.807, 2.05) is 48.5 Å². The SMILES string of the molecule is O=C(CCSc1ccc(Cl)cc1)NCc1nc2ccccc2[nH]1. The van der Waals surface area contributed by atoms with E-state index in [1.165, 1.54) is 0 Å². The summed E-state index contributed by atoms with van der Waals surface area (Å²) < 4.78 is 0. The Morgan fingerprint density at radius 3 is 2.74 bits per heavy atom. The van der Waals surface area contributed by atoms with Crippen LogP contribution in [-0.4, -0.2) is 21.6 Å². The van der Waals surface area contributed by atoms with E-state index in [-0.39, 0.29) is 5.91 Å². The lowest BCUT2D eigenvalue weighted by atomic mass is 10.3. The van der Waals surface area contributed by atoms with E-state index in [0.29, 0.717) is 13.0 Å². The molecule has 1 aromatic heterocycles. The summed E-state index contributed by atoms with van der Waals surface area (Å²) in [6.07, 6.45) is 0.466. The lowest BCUT2D eigenvalue weighted by Crippen LogP contribution is -2.23. The van der Waals surface area contributed by atoms with Gasteiger partial charge in [-0.1, -0.05) is 23.7 Å². The van der Waals surface area contributed by atoms with Crippen LogP contribution in [0.4, 0.5) is 0 Å². The Bertz CT molecular complexity index is 768. The number of hydrogen-bond acceptors (Lipinski definition) is 3. The number of thioether (sulfide) groups is 1. The molecule has 2 aromatic carbocycles. The lowest BCUT2D eigenvalue weighted by Gasteiger charge is -2.04. The molecule has 0 aliphatic carbocycles. The average molecular weight is 346 g/mol. The summed E-state index contributed by atoms with van der Waals surface area (Å²) in [7, 11) is 0. The van der Waals surface area contributed by atoms with Gasteiger partial charge < -0.3 is 10.3 Å². The molecule has 0 aliphatic heterocycles. The van der Waals surface area contributed by atoms with Crippen molar-refractivity contribution in [3.05, 3.63) is 59.4 Å². The molecule has 23 heavy (non-hydrogen) atoms. The number of aromatic amines is 1. The average Bonchev–Trinajstić information content (AvgIpc) is 2.98. The van der Waals surface area contributed by atoms with Crippen LogP contribution in [-0.2, 0) is 11.3 Å². The monoisotopic (exact) mass is 345 g/mol. The van der Waals surface area contributed by atoms with Crippen LogP contribution in [0.15, 0.2) is 53.4 Å². The number of amides is 1. The van der Waals surface area contributed by atoms with Crippen molar-refractivity contribution in [2.75, 3.05) is 5.75 Å². The van der Waals surface area contributed by atoms with E-state index in [1.54, 1.807) is 11.8 Å². The number of hydrogen-bond donors (Lipinski definition) is 2. The molecular formula is C17H16ClN3OS. The van der Waals surface area contributed by atoms with Crippen LogP contribution < -0.4 is 5.32 Å². The minimum atomic E-state index is 0.0203. The van der Waals surface area contributed by atoms with Crippen molar-refractivity contribution in [1.82, 2.24) is 15.3 Å². The smallest absolute Gasteiger partial charge is 0.221 e. The molecule has 0 saturated carbocycles. The van der Waals surface area contributed by atoms with Crippen LogP contribution in [0.1, 0.15) is 12.2 Å². The largest absolute Gasteiger partial charge is 0.349 e. The number of fused-ring (bicyclic) bond motifs is 1. The van der Waals surface area contributed by atoms with Gasteiger partial charge in [0, 0.05) is 22.1 Å². The Morgan fingerprint density at radius 2 is 1.96 bits per heavy atom. The topological polar surface area (TPSA) is 57.8 Å². The van der Waals surface area contributed by atoms with Gasteiger partial charge in [0.15, 0.2) is 0 Å². The van der Waals surface area contributed by atoms with Crippen LogP contribution in [0.25, 0.3) is 11.0 Å². The molecule has 1 heterocycles. The fourth-order valence-electron chi connectivity index (χ4n) is 2.15. The van der Waals surface area contributed by atoms with E-state index < -0.39 is 0 Å². The van der Waals surface area contributed by atoms with Crippen molar-refractivity contribution < 1.29 is 4.79 Å². The zero-order chi connectivity index (χ0) is 16.1. The van der Waals surface area contributed by atoms with Gasteiger partial charge in [-0.05, 0) is 36.4 Å². The van der Waals surface area contributed by atoms with Crippen LogP contribution in [0.2, 0.25) is 5.02 Å². The molecule has 0 spiro atoms. The second kappa shape index (κ2) is 7.53. The number of nitrogens with zero attached hydrogens (tertiary/aromatic N) is 1. The number of benzene rings is 2. The highest BCUT2D eigenvalue weighted by Crippen LogP contribution is 2.20. The summed E-state index contributed by atoms with van der Waals surface area (Å²) in [5.74, 6) is 1.52. The fourth-order valence-corrected chi connectivity index (χ4v) is 3.13. The second-order valence-electron chi connectivity index (χ2n) is 5.03. The molecule has 6 heteroatoms. The maximum absolute atomic E-state index is 11.9. The van der Waals surface area contributed by atoms with Gasteiger partial charge in [0.2, 0.25) is 5.91 Å². The van der Waals surface area contributed by atoms with Crippen LogP contribution >= 0.6 is 23.4 Å². The van der Waals surface area contributed by atoms with Gasteiger partial charge in [-0.3, -0.25) is 4.79 Å². The first-order valence-electron chi connectivity index (χ1n) is 7.29. The van der Waals surface area contributed by atoms with Crippen LogP contribution in [0.3, 0.4) is 0 Å².